The number of nitrogens with zero attached hydrogens (tertiary/aromatic N) is 3. The normalized spacial score (nSPS) is 10.4. The van der Waals surface area contributed by atoms with Crippen LogP contribution < -0.4 is 5.32 Å². The third-order valence-electron chi connectivity index (χ3n) is 2.56. The number of anilines is 1. The molecular formula is C12H14N4O2S2. The summed E-state index contributed by atoms with van der Waals surface area (Å²) in [6.07, 6.45) is 2.51. The Morgan fingerprint density at radius 3 is 3.00 bits per heavy atom. The van der Waals surface area contributed by atoms with Crippen LogP contribution in [0.2, 0.25) is 0 Å². The van der Waals surface area contributed by atoms with E-state index in [1.54, 1.807) is 12.1 Å². The lowest BCUT2D eigenvalue weighted by molar-refractivity contribution is -0.384. The minimum Gasteiger partial charge on any atom is -0.385 e. The Morgan fingerprint density at radius 2 is 2.35 bits per heavy atom. The zero-order chi connectivity index (χ0) is 14.4. The van der Waals surface area contributed by atoms with E-state index < -0.39 is 0 Å². The lowest BCUT2D eigenvalue weighted by atomic mass is 10.1. The molecule has 0 aliphatic rings. The molecule has 2 aromatic rings. The van der Waals surface area contributed by atoms with E-state index in [0.717, 1.165) is 28.6 Å². The average Bonchev–Trinajstić information content (AvgIpc) is 2.96. The van der Waals surface area contributed by atoms with E-state index in [2.05, 4.69) is 21.6 Å². The summed E-state index contributed by atoms with van der Waals surface area (Å²) in [5, 5.41) is 14.2. The number of hydrogen-bond donors (Lipinski definition) is 1. The molecule has 1 aromatic heterocycles. The molecule has 0 fully saturated rings. The maximum absolute atomic E-state index is 10.9. The molecule has 0 bridgehead atoms. The minimum atomic E-state index is -0.372. The predicted octanol–water partition coefficient (Wildman–Crippen LogP) is 3.56. The summed E-state index contributed by atoms with van der Waals surface area (Å²) in [6.45, 7) is 2.92. The molecule has 1 N–H and O–H groups in total. The zero-order valence-corrected chi connectivity index (χ0v) is 12.5. The van der Waals surface area contributed by atoms with Crippen LogP contribution in [-0.4, -0.2) is 20.8 Å². The molecule has 20 heavy (non-hydrogen) atoms. The highest BCUT2D eigenvalue weighted by molar-refractivity contribution is 8.00. The molecule has 0 radical (unpaired) electrons. The lowest BCUT2D eigenvalue weighted by Gasteiger charge is -2.10. The number of hydrogen-bond acceptors (Lipinski definition) is 7. The van der Waals surface area contributed by atoms with Crippen LogP contribution in [0.25, 0.3) is 0 Å². The van der Waals surface area contributed by atoms with E-state index in [4.69, 9.17) is 0 Å². The second-order valence-corrected chi connectivity index (χ2v) is 6.02. The molecular weight excluding hydrogens is 296 g/mol. The van der Waals surface area contributed by atoms with Crippen LogP contribution in [0.15, 0.2) is 28.9 Å². The van der Waals surface area contributed by atoms with Crippen molar-refractivity contribution in [2.75, 3.05) is 11.9 Å². The molecule has 0 amide bonds. The molecule has 8 heteroatoms. The second kappa shape index (κ2) is 7.20. The summed E-state index contributed by atoms with van der Waals surface area (Å²) in [4.78, 5) is 14.6. The van der Waals surface area contributed by atoms with Gasteiger partial charge in [-0.2, -0.15) is 4.37 Å². The number of nitro benzene ring substituents is 1. The van der Waals surface area contributed by atoms with Gasteiger partial charge in [-0.3, -0.25) is 10.1 Å². The molecule has 106 valence electrons. The van der Waals surface area contributed by atoms with E-state index >= 15 is 0 Å². The SMILES string of the molecule is CCCNc1ccc([N+](=O)[O-])cc1CSc1ncns1. The van der Waals surface area contributed by atoms with Gasteiger partial charge in [-0.15, -0.1) is 0 Å². The number of thioether (sulfide) groups is 1. The molecule has 0 aliphatic carbocycles. The second-order valence-electron chi connectivity index (χ2n) is 4.02. The van der Waals surface area contributed by atoms with Crippen LogP contribution in [0.3, 0.4) is 0 Å². The molecule has 1 heterocycles. The molecule has 0 spiro atoms. The van der Waals surface area contributed by atoms with E-state index in [1.807, 2.05) is 0 Å². The minimum absolute atomic E-state index is 0.111. The van der Waals surface area contributed by atoms with E-state index in [9.17, 15) is 10.1 Å². The number of non-ortho nitro benzene ring substituents is 1. The van der Waals surface area contributed by atoms with E-state index in [0.29, 0.717) is 5.75 Å². The quantitative estimate of drug-likeness (QED) is 0.478. The van der Waals surface area contributed by atoms with Gasteiger partial charge in [-0.1, -0.05) is 18.7 Å². The van der Waals surface area contributed by atoms with Crippen molar-refractivity contribution in [3.8, 4) is 0 Å². The average molecular weight is 310 g/mol. The van der Waals surface area contributed by atoms with Gasteiger partial charge in [0.25, 0.3) is 5.69 Å². The molecule has 0 saturated heterocycles. The van der Waals surface area contributed by atoms with Gasteiger partial charge < -0.3 is 5.32 Å². The molecule has 1 aromatic carbocycles. The van der Waals surface area contributed by atoms with E-state index in [1.165, 1.54) is 35.7 Å². The Kier molecular flexibility index (Phi) is 5.31. The third-order valence-corrected chi connectivity index (χ3v) is 4.40. The molecule has 0 saturated carbocycles. The predicted molar refractivity (Wildman–Crippen MR) is 81.3 cm³/mol. The van der Waals surface area contributed by atoms with Gasteiger partial charge in [0.15, 0.2) is 4.34 Å². The molecule has 0 unspecified atom stereocenters. The summed E-state index contributed by atoms with van der Waals surface area (Å²) >= 11 is 2.85. The monoisotopic (exact) mass is 310 g/mol. The summed E-state index contributed by atoms with van der Waals surface area (Å²) < 4.78 is 4.80. The standard InChI is InChI=1S/C12H14N4O2S2/c1-2-5-13-11-4-3-10(16(17)18)6-9(11)7-19-12-14-8-15-20-12/h3-4,6,8,13H,2,5,7H2,1H3. The number of benzene rings is 1. The highest BCUT2D eigenvalue weighted by Gasteiger charge is 2.11. The number of nitro groups is 1. The van der Waals surface area contributed by atoms with Crippen molar-refractivity contribution in [3.05, 3.63) is 40.2 Å². The van der Waals surface area contributed by atoms with E-state index in [-0.39, 0.29) is 10.6 Å². The van der Waals surface area contributed by atoms with Crippen molar-refractivity contribution < 1.29 is 4.92 Å². The maximum Gasteiger partial charge on any atom is 0.269 e. The topological polar surface area (TPSA) is 81.0 Å². The molecule has 6 nitrogen and oxygen atoms in total. The van der Waals surface area contributed by atoms with Crippen molar-refractivity contribution >= 4 is 34.7 Å². The Bertz CT molecular complexity index is 575. The largest absolute Gasteiger partial charge is 0.385 e. The first-order valence-corrected chi connectivity index (χ1v) is 7.87. The molecule has 0 atom stereocenters. The molecule has 0 aliphatic heterocycles. The van der Waals surface area contributed by atoms with Crippen LogP contribution in [0.1, 0.15) is 18.9 Å². The highest BCUT2D eigenvalue weighted by atomic mass is 32.2. The third kappa shape index (κ3) is 3.91. The Hall–Kier alpha value is -1.67. The fourth-order valence-electron chi connectivity index (χ4n) is 1.61. The van der Waals surface area contributed by atoms with Gasteiger partial charge in [-0.25, -0.2) is 4.98 Å². The van der Waals surface area contributed by atoms with Crippen molar-refractivity contribution in [1.29, 1.82) is 0 Å². The van der Waals surface area contributed by atoms with Crippen molar-refractivity contribution in [2.45, 2.75) is 23.4 Å². The van der Waals surface area contributed by atoms with Crippen LogP contribution in [0.4, 0.5) is 11.4 Å². The van der Waals surface area contributed by atoms with Gasteiger partial charge in [0, 0.05) is 30.1 Å². The summed E-state index contributed by atoms with van der Waals surface area (Å²) in [5.41, 5.74) is 1.96. The summed E-state index contributed by atoms with van der Waals surface area (Å²) in [5.74, 6) is 0.628. The number of aromatic nitrogens is 2. The van der Waals surface area contributed by atoms with Crippen LogP contribution in [0, 0.1) is 10.1 Å². The van der Waals surface area contributed by atoms with Gasteiger partial charge in [0.05, 0.1) is 4.92 Å². The van der Waals surface area contributed by atoms with Crippen molar-refractivity contribution in [2.24, 2.45) is 0 Å². The Morgan fingerprint density at radius 1 is 1.50 bits per heavy atom. The molecule has 2 rings (SSSR count). The summed E-state index contributed by atoms with van der Waals surface area (Å²) in [7, 11) is 0. The Labute approximate surface area is 124 Å². The Balaban J connectivity index is 2.16. The lowest BCUT2D eigenvalue weighted by Crippen LogP contribution is -2.03. The number of rotatable bonds is 7. The highest BCUT2D eigenvalue weighted by Crippen LogP contribution is 2.29. The van der Waals surface area contributed by atoms with Crippen molar-refractivity contribution in [1.82, 2.24) is 9.36 Å². The zero-order valence-electron chi connectivity index (χ0n) is 10.9. The first kappa shape index (κ1) is 14.7. The fraction of sp³-hybridized carbons (Fsp3) is 0.333. The van der Waals surface area contributed by atoms with Gasteiger partial charge in [-0.05, 0) is 29.6 Å². The van der Waals surface area contributed by atoms with Crippen molar-refractivity contribution in [3.63, 3.8) is 0 Å². The number of nitrogens with one attached hydrogen (secondary N) is 1. The van der Waals surface area contributed by atoms with Gasteiger partial charge in [0.2, 0.25) is 0 Å². The summed E-state index contributed by atoms with van der Waals surface area (Å²) in [6, 6.07) is 4.91. The van der Waals surface area contributed by atoms with Crippen LogP contribution in [-0.2, 0) is 5.75 Å². The van der Waals surface area contributed by atoms with Gasteiger partial charge in [0.1, 0.15) is 6.33 Å². The first-order valence-electron chi connectivity index (χ1n) is 6.11. The van der Waals surface area contributed by atoms with Gasteiger partial charge >= 0.3 is 0 Å². The smallest absolute Gasteiger partial charge is 0.269 e. The van der Waals surface area contributed by atoms with Crippen LogP contribution >= 0.6 is 23.3 Å². The first-order chi connectivity index (χ1) is 9.70. The van der Waals surface area contributed by atoms with Crippen LogP contribution in [0.5, 0.6) is 0 Å². The maximum atomic E-state index is 10.9. The fourth-order valence-corrected chi connectivity index (χ4v) is 3.05.